The molecule has 0 spiro atoms. The number of anilines is 1. The zero-order valence-electron chi connectivity index (χ0n) is 26.7. The van der Waals surface area contributed by atoms with Crippen molar-refractivity contribution in [3.05, 3.63) is 131 Å². The molecule has 7 nitrogen and oxygen atoms in total. The average Bonchev–Trinajstić information content (AvgIpc) is 3.02. The number of benzene rings is 4. The number of amides is 2. The number of nitrogens with zero attached hydrogens (tertiary/aromatic N) is 2. The van der Waals surface area contributed by atoms with Gasteiger partial charge in [-0.25, -0.2) is 8.42 Å². The Kier molecular flexibility index (Phi) is 11.2. The molecule has 236 valence electrons. The zero-order chi connectivity index (χ0) is 32.6. The summed E-state index contributed by atoms with van der Waals surface area (Å²) < 4.78 is 29.6. The fourth-order valence-corrected chi connectivity index (χ4v) is 6.63. The summed E-state index contributed by atoms with van der Waals surface area (Å²) >= 11 is 0. The largest absolute Gasteiger partial charge is 0.352 e. The van der Waals surface area contributed by atoms with Crippen molar-refractivity contribution >= 4 is 27.5 Å². The molecule has 0 heterocycles. The topological polar surface area (TPSA) is 86.8 Å². The van der Waals surface area contributed by atoms with E-state index in [0.717, 1.165) is 34.2 Å². The van der Waals surface area contributed by atoms with Gasteiger partial charge in [-0.2, -0.15) is 0 Å². The molecule has 0 saturated carbocycles. The van der Waals surface area contributed by atoms with Crippen LogP contribution in [-0.4, -0.2) is 43.8 Å². The first kappa shape index (κ1) is 33.5. The molecule has 0 bridgehead atoms. The van der Waals surface area contributed by atoms with Crippen molar-refractivity contribution in [3.8, 4) is 0 Å². The van der Waals surface area contributed by atoms with Crippen LogP contribution in [0.4, 0.5) is 5.69 Å². The Balaban J connectivity index is 1.82. The van der Waals surface area contributed by atoms with E-state index in [0.29, 0.717) is 5.69 Å². The summed E-state index contributed by atoms with van der Waals surface area (Å²) in [6.07, 6.45) is 1.00. The fourth-order valence-electron chi connectivity index (χ4n) is 5.24. The average molecular weight is 626 g/mol. The van der Waals surface area contributed by atoms with Gasteiger partial charge < -0.3 is 10.2 Å². The lowest BCUT2D eigenvalue weighted by molar-refractivity contribution is -0.140. The molecule has 0 aromatic heterocycles. The van der Waals surface area contributed by atoms with Crippen LogP contribution in [0.5, 0.6) is 0 Å². The van der Waals surface area contributed by atoms with Crippen molar-refractivity contribution in [1.82, 2.24) is 10.2 Å². The van der Waals surface area contributed by atoms with Crippen molar-refractivity contribution in [2.45, 2.75) is 71.0 Å². The fraction of sp³-hybridized carbons (Fsp3) is 0.297. The second-order valence-corrected chi connectivity index (χ2v) is 13.6. The molecule has 0 aliphatic rings. The van der Waals surface area contributed by atoms with Gasteiger partial charge in [0.15, 0.2) is 0 Å². The van der Waals surface area contributed by atoms with Crippen molar-refractivity contribution in [1.29, 1.82) is 0 Å². The van der Waals surface area contributed by atoms with E-state index >= 15 is 0 Å². The minimum atomic E-state index is -4.15. The Morgan fingerprint density at radius 3 is 1.87 bits per heavy atom. The number of hydrogen-bond donors (Lipinski definition) is 1. The van der Waals surface area contributed by atoms with Crippen LogP contribution in [0.15, 0.2) is 108 Å². The number of sulfonamides is 1. The Morgan fingerprint density at radius 2 is 1.31 bits per heavy atom. The lowest BCUT2D eigenvalue weighted by atomic mass is 10.0. The molecule has 8 heteroatoms. The van der Waals surface area contributed by atoms with Gasteiger partial charge in [-0.3, -0.25) is 13.9 Å². The van der Waals surface area contributed by atoms with E-state index in [4.69, 9.17) is 0 Å². The number of nitrogens with one attached hydrogen (secondary N) is 1. The van der Waals surface area contributed by atoms with Crippen LogP contribution < -0.4 is 9.62 Å². The Bertz CT molecular complexity index is 1670. The lowest BCUT2D eigenvalue weighted by Crippen LogP contribution is -2.54. The SMILES string of the molecule is CC[C@@H](C)NC(=O)[C@@H](Cc1ccccc1)N(Cc1ccccc1)C(=O)CN(c1cc(C)cc(C)c1)S(=O)(=O)c1ccc(C)cc1. The minimum absolute atomic E-state index is 0.0880. The van der Waals surface area contributed by atoms with E-state index in [2.05, 4.69) is 5.32 Å². The molecule has 0 aliphatic carbocycles. The van der Waals surface area contributed by atoms with Crippen molar-refractivity contribution in [2.24, 2.45) is 0 Å². The van der Waals surface area contributed by atoms with Gasteiger partial charge in [0, 0.05) is 19.0 Å². The third-order valence-electron chi connectivity index (χ3n) is 7.85. The van der Waals surface area contributed by atoms with Crippen LogP contribution in [0.1, 0.15) is 48.1 Å². The van der Waals surface area contributed by atoms with Gasteiger partial charge in [-0.15, -0.1) is 0 Å². The zero-order valence-corrected chi connectivity index (χ0v) is 27.6. The molecular weight excluding hydrogens is 582 g/mol. The van der Waals surface area contributed by atoms with E-state index in [1.54, 1.807) is 36.4 Å². The summed E-state index contributed by atoms with van der Waals surface area (Å²) in [5.41, 5.74) is 4.79. The second kappa shape index (κ2) is 15.0. The number of carbonyl (C=O) groups is 2. The van der Waals surface area contributed by atoms with Crippen molar-refractivity contribution in [2.75, 3.05) is 10.8 Å². The van der Waals surface area contributed by atoms with Gasteiger partial charge >= 0.3 is 0 Å². The van der Waals surface area contributed by atoms with E-state index in [9.17, 15) is 18.0 Å². The Hall–Kier alpha value is -4.43. The molecule has 0 saturated heterocycles. The van der Waals surface area contributed by atoms with Gasteiger partial charge in [-0.05, 0) is 80.6 Å². The van der Waals surface area contributed by atoms with Gasteiger partial charge in [0.25, 0.3) is 10.0 Å². The highest BCUT2D eigenvalue weighted by Crippen LogP contribution is 2.27. The molecule has 2 amide bonds. The lowest BCUT2D eigenvalue weighted by Gasteiger charge is -2.34. The summed E-state index contributed by atoms with van der Waals surface area (Å²) in [5, 5.41) is 3.07. The highest BCUT2D eigenvalue weighted by atomic mass is 32.2. The molecule has 45 heavy (non-hydrogen) atoms. The molecule has 0 aliphatic heterocycles. The summed E-state index contributed by atoms with van der Waals surface area (Å²) in [5.74, 6) is -0.759. The van der Waals surface area contributed by atoms with E-state index in [-0.39, 0.29) is 29.8 Å². The van der Waals surface area contributed by atoms with E-state index < -0.39 is 28.5 Å². The van der Waals surface area contributed by atoms with Gasteiger partial charge in [0.2, 0.25) is 11.8 Å². The number of hydrogen-bond acceptors (Lipinski definition) is 4. The molecule has 0 fully saturated rings. The highest BCUT2D eigenvalue weighted by Gasteiger charge is 2.35. The van der Waals surface area contributed by atoms with Crippen molar-refractivity contribution in [3.63, 3.8) is 0 Å². The summed E-state index contributed by atoms with van der Waals surface area (Å²) in [7, 11) is -4.15. The number of aryl methyl sites for hydroxylation is 3. The monoisotopic (exact) mass is 625 g/mol. The molecule has 4 rings (SSSR count). The maximum atomic E-state index is 14.6. The smallest absolute Gasteiger partial charge is 0.264 e. The van der Waals surface area contributed by atoms with Crippen LogP contribution >= 0.6 is 0 Å². The first-order valence-electron chi connectivity index (χ1n) is 15.3. The summed E-state index contributed by atoms with van der Waals surface area (Å²) in [6, 6.07) is 30.1. The van der Waals surface area contributed by atoms with Crippen molar-refractivity contribution < 1.29 is 18.0 Å². The predicted octanol–water partition coefficient (Wildman–Crippen LogP) is 6.36. The van der Waals surface area contributed by atoms with Crippen LogP contribution in [0, 0.1) is 20.8 Å². The third kappa shape index (κ3) is 8.82. The number of carbonyl (C=O) groups excluding carboxylic acids is 2. The maximum absolute atomic E-state index is 14.6. The molecular formula is C37H43N3O4S. The first-order valence-corrected chi connectivity index (χ1v) is 16.8. The quantitative estimate of drug-likeness (QED) is 0.187. The maximum Gasteiger partial charge on any atom is 0.264 e. The second-order valence-electron chi connectivity index (χ2n) is 11.7. The van der Waals surface area contributed by atoms with Gasteiger partial charge in [0.05, 0.1) is 10.6 Å². The normalized spacial score (nSPS) is 12.6. The molecule has 4 aromatic carbocycles. The third-order valence-corrected chi connectivity index (χ3v) is 9.64. The van der Waals surface area contributed by atoms with E-state index in [1.807, 2.05) is 101 Å². The molecule has 1 N–H and O–H groups in total. The predicted molar refractivity (Wildman–Crippen MR) is 180 cm³/mol. The summed E-state index contributed by atoms with van der Waals surface area (Å²) in [6.45, 7) is 9.25. The minimum Gasteiger partial charge on any atom is -0.352 e. The Labute approximate surface area is 268 Å². The van der Waals surface area contributed by atoms with Crippen LogP contribution in [-0.2, 0) is 32.6 Å². The standard InChI is InChI=1S/C37H43N3O4S/c1-6-30(5)38-37(42)35(24-31-13-9-7-10-14-31)39(25-32-15-11-8-12-16-32)36(41)26-40(33-22-28(3)21-29(4)23-33)45(43,44)34-19-17-27(2)18-20-34/h7-23,30,35H,6,24-26H2,1-5H3,(H,38,42)/t30-,35-/m1/s1. The number of rotatable bonds is 13. The molecule has 2 atom stereocenters. The van der Waals surface area contributed by atoms with Gasteiger partial charge in [0.1, 0.15) is 12.6 Å². The first-order chi connectivity index (χ1) is 21.5. The molecule has 0 radical (unpaired) electrons. The van der Waals surface area contributed by atoms with Crippen LogP contribution in [0.3, 0.4) is 0 Å². The summed E-state index contributed by atoms with van der Waals surface area (Å²) in [4.78, 5) is 30.1. The Morgan fingerprint density at radius 1 is 0.756 bits per heavy atom. The van der Waals surface area contributed by atoms with Gasteiger partial charge in [-0.1, -0.05) is 91.3 Å². The van der Waals surface area contributed by atoms with E-state index in [1.165, 1.54) is 9.21 Å². The van der Waals surface area contributed by atoms with Crippen LogP contribution in [0.25, 0.3) is 0 Å². The van der Waals surface area contributed by atoms with Crippen LogP contribution in [0.2, 0.25) is 0 Å². The molecule has 4 aromatic rings. The molecule has 0 unspecified atom stereocenters. The highest BCUT2D eigenvalue weighted by molar-refractivity contribution is 7.92.